The Morgan fingerprint density at radius 1 is 1.11 bits per heavy atom. The van der Waals surface area contributed by atoms with E-state index in [0.29, 0.717) is 28.5 Å². The zero-order valence-electron chi connectivity index (χ0n) is 21.4. The van der Waals surface area contributed by atoms with Gasteiger partial charge in [0.2, 0.25) is 0 Å². The second kappa shape index (κ2) is 11.7. The van der Waals surface area contributed by atoms with E-state index in [9.17, 15) is 0 Å². The van der Waals surface area contributed by atoms with Gasteiger partial charge in [0.05, 0.1) is 11.5 Å². The first kappa shape index (κ1) is 26.0. The average molecular weight is 473 g/mol. The molecule has 0 aliphatic carbocycles. The Morgan fingerprint density at radius 3 is 2.49 bits per heavy atom. The molecular weight excluding hydrogens is 439 g/mol. The molecule has 0 amide bonds. The standard InChI is InChI=1S/C24H24FN5.C2H3N.C2H6/c1-14-6-4-7-17-8-5-9-18(20(14)17)22-21(25)23-19(12-27-22)24(29-16(3)28-23)30-11-10-26-15(2)13-30;1-2-3;1-2/h4-9,12,15,26H,10-11,13H2,1-3H3;1H3;1-2H3/t15-;;/m0../s1. The molecule has 0 unspecified atom stereocenters. The highest BCUT2D eigenvalue weighted by Crippen LogP contribution is 2.35. The van der Waals surface area contributed by atoms with Gasteiger partial charge in [-0.25, -0.2) is 14.4 Å². The molecule has 1 saturated heterocycles. The second-order valence-corrected chi connectivity index (χ2v) is 8.28. The largest absolute Gasteiger partial charge is 0.353 e. The van der Waals surface area contributed by atoms with Gasteiger partial charge in [-0.2, -0.15) is 5.26 Å². The van der Waals surface area contributed by atoms with Gasteiger partial charge in [0, 0.05) is 44.4 Å². The Bertz CT molecular complexity index is 1360. The van der Waals surface area contributed by atoms with Gasteiger partial charge < -0.3 is 10.2 Å². The van der Waals surface area contributed by atoms with Crippen molar-refractivity contribution in [2.24, 2.45) is 0 Å². The zero-order valence-corrected chi connectivity index (χ0v) is 21.4. The van der Waals surface area contributed by atoms with Crippen LogP contribution in [0.15, 0.2) is 42.6 Å². The van der Waals surface area contributed by atoms with Gasteiger partial charge in [0.1, 0.15) is 22.9 Å². The van der Waals surface area contributed by atoms with Crippen molar-refractivity contribution < 1.29 is 4.39 Å². The number of pyridine rings is 1. The number of hydrogen-bond acceptors (Lipinski definition) is 6. The van der Waals surface area contributed by atoms with Gasteiger partial charge >= 0.3 is 0 Å². The van der Waals surface area contributed by atoms with Crippen LogP contribution in [0, 0.1) is 31.0 Å². The van der Waals surface area contributed by atoms with Crippen molar-refractivity contribution in [3.05, 3.63) is 59.8 Å². The molecule has 4 aromatic rings. The summed E-state index contributed by atoms with van der Waals surface area (Å²) in [5.74, 6) is 0.935. The normalized spacial score (nSPS) is 15.0. The number of nitrogens with zero attached hydrogens (tertiary/aromatic N) is 5. The summed E-state index contributed by atoms with van der Waals surface area (Å²) >= 11 is 0. The molecule has 1 fully saturated rings. The van der Waals surface area contributed by atoms with Crippen molar-refractivity contribution in [3.63, 3.8) is 0 Å². The van der Waals surface area contributed by atoms with Crippen molar-refractivity contribution in [3.8, 4) is 17.3 Å². The predicted molar refractivity (Wildman–Crippen MR) is 142 cm³/mol. The second-order valence-electron chi connectivity index (χ2n) is 8.28. The lowest BCUT2D eigenvalue weighted by molar-refractivity contribution is 0.483. The molecule has 2 aromatic heterocycles. The van der Waals surface area contributed by atoms with Crippen LogP contribution in [-0.2, 0) is 0 Å². The SMILES string of the molecule is CC.CC#N.Cc1nc(N2CCN[C@@H](C)C2)c2cnc(-c3cccc4cccc(C)c34)c(F)c2n1. The fourth-order valence-corrected chi connectivity index (χ4v) is 4.43. The third-order valence-corrected chi connectivity index (χ3v) is 5.81. The first-order valence-electron chi connectivity index (χ1n) is 12.0. The summed E-state index contributed by atoms with van der Waals surface area (Å²) in [6.07, 6.45) is 1.73. The maximum Gasteiger partial charge on any atom is 0.175 e. The monoisotopic (exact) mass is 472 g/mol. The predicted octanol–water partition coefficient (Wildman–Crippen LogP) is 5.96. The van der Waals surface area contributed by atoms with E-state index in [-0.39, 0.29) is 0 Å². The topological polar surface area (TPSA) is 77.7 Å². The molecule has 0 radical (unpaired) electrons. The Kier molecular flexibility index (Phi) is 8.67. The number of hydrogen-bond donors (Lipinski definition) is 1. The minimum absolute atomic E-state index is 0.333. The summed E-state index contributed by atoms with van der Waals surface area (Å²) in [4.78, 5) is 15.9. The van der Waals surface area contributed by atoms with Crippen molar-refractivity contribution in [1.82, 2.24) is 20.3 Å². The first-order chi connectivity index (χ1) is 16.9. The smallest absolute Gasteiger partial charge is 0.175 e. The lowest BCUT2D eigenvalue weighted by Gasteiger charge is -2.33. The molecule has 7 heteroatoms. The van der Waals surface area contributed by atoms with E-state index in [1.165, 1.54) is 6.92 Å². The van der Waals surface area contributed by atoms with E-state index in [0.717, 1.165) is 47.4 Å². The van der Waals surface area contributed by atoms with Gasteiger partial charge in [0.15, 0.2) is 5.82 Å². The molecule has 6 nitrogen and oxygen atoms in total. The summed E-state index contributed by atoms with van der Waals surface area (Å²) in [6, 6.07) is 14.1. The molecule has 35 heavy (non-hydrogen) atoms. The van der Waals surface area contributed by atoms with Crippen LogP contribution < -0.4 is 10.2 Å². The number of piperazine rings is 1. The molecule has 1 aliphatic heterocycles. The van der Waals surface area contributed by atoms with E-state index in [4.69, 9.17) is 5.26 Å². The maximum atomic E-state index is 15.8. The third-order valence-electron chi connectivity index (χ3n) is 5.81. The van der Waals surface area contributed by atoms with E-state index >= 15 is 4.39 Å². The molecule has 0 bridgehead atoms. The van der Waals surface area contributed by atoms with Crippen molar-refractivity contribution in [2.45, 2.75) is 47.6 Å². The van der Waals surface area contributed by atoms with E-state index in [1.807, 2.05) is 64.1 Å². The summed E-state index contributed by atoms with van der Waals surface area (Å²) in [6.45, 7) is 13.9. The Balaban J connectivity index is 0.000000638. The van der Waals surface area contributed by atoms with Crippen LogP contribution in [0.2, 0.25) is 0 Å². The lowest BCUT2D eigenvalue weighted by atomic mass is 9.97. The number of nitriles is 1. The molecule has 5 rings (SSSR count). The Morgan fingerprint density at radius 2 is 1.80 bits per heavy atom. The molecular formula is C28H33FN6. The highest BCUT2D eigenvalue weighted by molar-refractivity contribution is 6.00. The number of aryl methyl sites for hydroxylation is 2. The molecule has 0 spiro atoms. The van der Waals surface area contributed by atoms with Gasteiger partial charge in [0.25, 0.3) is 0 Å². The van der Waals surface area contributed by atoms with Gasteiger partial charge in [-0.3, -0.25) is 4.98 Å². The highest BCUT2D eigenvalue weighted by atomic mass is 19.1. The van der Waals surface area contributed by atoms with Crippen LogP contribution in [0.4, 0.5) is 10.2 Å². The molecule has 182 valence electrons. The number of nitrogens with one attached hydrogen (secondary N) is 1. The van der Waals surface area contributed by atoms with E-state index in [2.05, 4.69) is 32.1 Å². The fraction of sp³-hybridized carbons (Fsp3) is 0.357. The summed E-state index contributed by atoms with van der Waals surface area (Å²) in [5.41, 5.74) is 2.55. The first-order valence-corrected chi connectivity index (χ1v) is 12.0. The maximum absolute atomic E-state index is 15.8. The lowest BCUT2D eigenvalue weighted by Crippen LogP contribution is -2.49. The zero-order chi connectivity index (χ0) is 25.5. The van der Waals surface area contributed by atoms with Crippen LogP contribution in [-0.4, -0.2) is 40.6 Å². The number of anilines is 1. The van der Waals surface area contributed by atoms with Gasteiger partial charge in [-0.15, -0.1) is 0 Å². The van der Waals surface area contributed by atoms with E-state index in [1.54, 1.807) is 12.3 Å². The number of aromatic nitrogens is 3. The van der Waals surface area contributed by atoms with Crippen molar-refractivity contribution >= 4 is 27.5 Å². The number of fused-ring (bicyclic) bond motifs is 2. The third kappa shape index (κ3) is 5.39. The van der Waals surface area contributed by atoms with Crippen LogP contribution >= 0.6 is 0 Å². The highest BCUT2D eigenvalue weighted by Gasteiger charge is 2.23. The number of rotatable bonds is 2. The van der Waals surface area contributed by atoms with Gasteiger partial charge in [-0.1, -0.05) is 50.2 Å². The minimum Gasteiger partial charge on any atom is -0.353 e. The average Bonchev–Trinajstić information content (AvgIpc) is 2.86. The molecule has 1 N–H and O–H groups in total. The van der Waals surface area contributed by atoms with Crippen LogP contribution in [0.3, 0.4) is 0 Å². The molecule has 1 atom stereocenters. The molecule has 3 heterocycles. The summed E-state index contributed by atoms with van der Waals surface area (Å²) in [7, 11) is 0. The van der Waals surface area contributed by atoms with Crippen molar-refractivity contribution in [1.29, 1.82) is 5.26 Å². The quantitative estimate of drug-likeness (QED) is 0.388. The fourth-order valence-electron chi connectivity index (χ4n) is 4.43. The Hall–Kier alpha value is -3.63. The number of benzene rings is 2. The van der Waals surface area contributed by atoms with E-state index < -0.39 is 5.82 Å². The minimum atomic E-state index is -0.391. The number of halogens is 1. The molecule has 0 saturated carbocycles. The van der Waals surface area contributed by atoms with Crippen LogP contribution in [0.5, 0.6) is 0 Å². The van der Waals surface area contributed by atoms with Gasteiger partial charge in [-0.05, 0) is 37.1 Å². The van der Waals surface area contributed by atoms with Crippen molar-refractivity contribution in [2.75, 3.05) is 24.5 Å². The Labute approximate surface area is 206 Å². The van der Waals surface area contributed by atoms with Crippen LogP contribution in [0.1, 0.15) is 39.1 Å². The summed E-state index contributed by atoms with van der Waals surface area (Å²) in [5, 5.41) is 13.5. The van der Waals surface area contributed by atoms with Crippen LogP contribution in [0.25, 0.3) is 32.9 Å². The molecule has 1 aliphatic rings. The molecule has 2 aromatic carbocycles. The summed E-state index contributed by atoms with van der Waals surface area (Å²) < 4.78 is 15.8.